The Bertz CT molecular complexity index is 582. The number of benzene rings is 1. The fraction of sp³-hybridized carbons (Fsp3) is 0.619. The van der Waals surface area contributed by atoms with Gasteiger partial charge < -0.3 is 14.9 Å². The molecule has 2 N–H and O–H groups in total. The average Bonchev–Trinajstić information content (AvgIpc) is 2.62. The molecule has 2 atom stereocenters. The lowest BCUT2D eigenvalue weighted by Gasteiger charge is -2.20. The van der Waals surface area contributed by atoms with Crippen LogP contribution in [0.15, 0.2) is 18.2 Å². The van der Waals surface area contributed by atoms with E-state index < -0.39 is 23.8 Å². The molecule has 5 heteroatoms. The lowest BCUT2D eigenvalue weighted by atomic mass is 9.88. The van der Waals surface area contributed by atoms with E-state index in [4.69, 9.17) is 4.74 Å². The summed E-state index contributed by atoms with van der Waals surface area (Å²) >= 11 is 0. The van der Waals surface area contributed by atoms with Crippen LogP contribution in [0.2, 0.25) is 0 Å². The summed E-state index contributed by atoms with van der Waals surface area (Å²) in [4.78, 5) is 22.9. The summed E-state index contributed by atoms with van der Waals surface area (Å²) < 4.78 is 5.85. The first-order valence-corrected chi connectivity index (χ1v) is 9.61. The molecule has 0 spiro atoms. The van der Waals surface area contributed by atoms with Crippen molar-refractivity contribution in [2.24, 2.45) is 0 Å². The Morgan fingerprint density at radius 1 is 0.923 bits per heavy atom. The monoisotopic (exact) mass is 364 g/mol. The van der Waals surface area contributed by atoms with Crippen molar-refractivity contribution >= 4 is 11.9 Å². The fourth-order valence-corrected chi connectivity index (χ4v) is 3.03. The van der Waals surface area contributed by atoms with Gasteiger partial charge in [-0.25, -0.2) is 0 Å². The second kappa shape index (κ2) is 11.6. The molecule has 0 radical (unpaired) electrons. The van der Waals surface area contributed by atoms with Crippen molar-refractivity contribution in [1.29, 1.82) is 0 Å². The summed E-state index contributed by atoms with van der Waals surface area (Å²) in [6.07, 6.45) is 8.19. The quantitative estimate of drug-likeness (QED) is 0.470. The lowest BCUT2D eigenvalue weighted by Crippen LogP contribution is -2.17. The van der Waals surface area contributed by atoms with Gasteiger partial charge in [0.25, 0.3) is 0 Å². The van der Waals surface area contributed by atoms with E-state index in [-0.39, 0.29) is 0 Å². The van der Waals surface area contributed by atoms with E-state index in [9.17, 15) is 19.8 Å². The summed E-state index contributed by atoms with van der Waals surface area (Å²) in [5, 5.41) is 18.7. The SMILES string of the molecule is CCCCCCCCCOc1cccc(C(C)C(=O)O)c1C(C)C(=O)O. The van der Waals surface area contributed by atoms with E-state index in [0.29, 0.717) is 23.5 Å². The summed E-state index contributed by atoms with van der Waals surface area (Å²) in [5.74, 6) is -3.09. The summed E-state index contributed by atoms with van der Waals surface area (Å²) in [6.45, 7) is 5.84. The zero-order valence-corrected chi connectivity index (χ0v) is 16.2. The molecule has 1 rings (SSSR count). The Hall–Kier alpha value is -2.04. The van der Waals surface area contributed by atoms with Crippen LogP contribution in [0.5, 0.6) is 5.75 Å². The van der Waals surface area contributed by atoms with Crippen LogP contribution < -0.4 is 4.74 Å². The van der Waals surface area contributed by atoms with Crippen LogP contribution in [0, 0.1) is 0 Å². The molecule has 0 aliphatic heterocycles. The minimum absolute atomic E-state index is 0.470. The van der Waals surface area contributed by atoms with Gasteiger partial charge in [-0.2, -0.15) is 0 Å². The molecule has 1 aromatic rings. The highest BCUT2D eigenvalue weighted by Crippen LogP contribution is 2.35. The van der Waals surface area contributed by atoms with E-state index in [1.807, 2.05) is 0 Å². The highest BCUT2D eigenvalue weighted by molar-refractivity contribution is 5.81. The van der Waals surface area contributed by atoms with Gasteiger partial charge in [0.2, 0.25) is 0 Å². The first-order valence-electron chi connectivity index (χ1n) is 9.61. The summed E-state index contributed by atoms with van der Waals surface area (Å²) in [5.41, 5.74) is 0.974. The van der Waals surface area contributed by atoms with E-state index in [1.165, 1.54) is 32.1 Å². The summed E-state index contributed by atoms with van der Waals surface area (Å²) in [6, 6.07) is 5.13. The Morgan fingerprint density at radius 3 is 2.08 bits per heavy atom. The van der Waals surface area contributed by atoms with Gasteiger partial charge in [-0.15, -0.1) is 0 Å². The van der Waals surface area contributed by atoms with E-state index in [2.05, 4.69) is 6.92 Å². The smallest absolute Gasteiger partial charge is 0.310 e. The zero-order valence-electron chi connectivity index (χ0n) is 16.2. The van der Waals surface area contributed by atoms with Crippen LogP contribution in [0.3, 0.4) is 0 Å². The molecule has 0 saturated carbocycles. The number of aliphatic carboxylic acids is 2. The number of rotatable bonds is 13. The van der Waals surface area contributed by atoms with Gasteiger partial charge in [-0.3, -0.25) is 9.59 Å². The third-order valence-corrected chi connectivity index (χ3v) is 4.75. The zero-order chi connectivity index (χ0) is 19.5. The number of carbonyl (C=O) groups is 2. The molecule has 0 aliphatic rings. The molecular formula is C21H32O5. The average molecular weight is 364 g/mol. The van der Waals surface area contributed by atoms with Gasteiger partial charge in [-0.05, 0) is 31.9 Å². The highest BCUT2D eigenvalue weighted by Gasteiger charge is 2.27. The Labute approximate surface area is 156 Å². The van der Waals surface area contributed by atoms with Crippen molar-refractivity contribution < 1.29 is 24.5 Å². The molecule has 1 aromatic carbocycles. The van der Waals surface area contributed by atoms with E-state index in [0.717, 1.165) is 12.8 Å². The van der Waals surface area contributed by atoms with Gasteiger partial charge in [0.15, 0.2) is 0 Å². The van der Waals surface area contributed by atoms with Crippen LogP contribution in [0.1, 0.15) is 88.7 Å². The number of hydrogen-bond donors (Lipinski definition) is 2. The molecule has 0 heterocycles. The lowest BCUT2D eigenvalue weighted by molar-refractivity contribution is -0.140. The van der Waals surface area contributed by atoms with Crippen molar-refractivity contribution in [3.8, 4) is 5.75 Å². The molecule has 2 unspecified atom stereocenters. The Kier molecular flexibility index (Phi) is 9.78. The molecule has 0 aliphatic carbocycles. The molecule has 5 nitrogen and oxygen atoms in total. The van der Waals surface area contributed by atoms with Gasteiger partial charge in [0.1, 0.15) is 5.75 Å². The van der Waals surface area contributed by atoms with Crippen LogP contribution in [-0.2, 0) is 9.59 Å². The van der Waals surface area contributed by atoms with Crippen LogP contribution in [0.25, 0.3) is 0 Å². The van der Waals surface area contributed by atoms with E-state index >= 15 is 0 Å². The second-order valence-electron chi connectivity index (χ2n) is 6.85. The van der Waals surface area contributed by atoms with Crippen LogP contribution in [0.4, 0.5) is 0 Å². The first kappa shape index (κ1) is 22.0. The molecule has 0 saturated heterocycles. The van der Waals surface area contributed by atoms with Gasteiger partial charge in [0, 0.05) is 5.56 Å². The summed E-state index contributed by atoms with van der Waals surface area (Å²) in [7, 11) is 0. The maximum Gasteiger partial charge on any atom is 0.310 e. The van der Waals surface area contributed by atoms with Crippen molar-refractivity contribution in [2.75, 3.05) is 6.61 Å². The van der Waals surface area contributed by atoms with Crippen LogP contribution in [-0.4, -0.2) is 28.8 Å². The highest BCUT2D eigenvalue weighted by atomic mass is 16.5. The largest absolute Gasteiger partial charge is 0.493 e. The minimum Gasteiger partial charge on any atom is -0.493 e. The number of carboxylic acids is 2. The van der Waals surface area contributed by atoms with Gasteiger partial charge >= 0.3 is 11.9 Å². The second-order valence-corrected chi connectivity index (χ2v) is 6.85. The third-order valence-electron chi connectivity index (χ3n) is 4.75. The van der Waals surface area contributed by atoms with E-state index in [1.54, 1.807) is 32.0 Å². The molecule has 0 bridgehead atoms. The molecule has 26 heavy (non-hydrogen) atoms. The maximum atomic E-state index is 11.5. The standard InChI is InChI=1S/C21H32O5/c1-4-5-6-7-8-9-10-14-26-18-13-11-12-17(15(2)20(22)23)19(18)16(3)21(24)25/h11-13,15-16H,4-10,14H2,1-3H3,(H,22,23)(H,24,25). The number of carboxylic acid groups (broad SMARTS) is 2. The molecule has 0 aromatic heterocycles. The molecule has 0 amide bonds. The maximum absolute atomic E-state index is 11.5. The number of unbranched alkanes of at least 4 members (excludes halogenated alkanes) is 6. The first-order chi connectivity index (χ1) is 12.4. The van der Waals surface area contributed by atoms with Crippen molar-refractivity contribution in [3.05, 3.63) is 29.3 Å². The predicted octanol–water partition coefficient (Wildman–Crippen LogP) is 5.19. The third kappa shape index (κ3) is 6.70. The molecular weight excluding hydrogens is 332 g/mol. The fourth-order valence-electron chi connectivity index (χ4n) is 3.03. The van der Waals surface area contributed by atoms with Gasteiger partial charge in [0.05, 0.1) is 18.4 Å². The predicted molar refractivity (Wildman–Crippen MR) is 102 cm³/mol. The van der Waals surface area contributed by atoms with Crippen LogP contribution >= 0.6 is 0 Å². The number of hydrogen-bond acceptors (Lipinski definition) is 3. The number of ether oxygens (including phenoxy) is 1. The van der Waals surface area contributed by atoms with Crippen molar-refractivity contribution in [3.63, 3.8) is 0 Å². The van der Waals surface area contributed by atoms with Gasteiger partial charge in [-0.1, -0.05) is 57.6 Å². The Morgan fingerprint density at radius 2 is 1.50 bits per heavy atom. The van der Waals surface area contributed by atoms with Crippen molar-refractivity contribution in [2.45, 2.75) is 77.6 Å². The molecule has 146 valence electrons. The minimum atomic E-state index is -0.990. The normalized spacial score (nSPS) is 13.2. The molecule has 0 fully saturated rings. The topological polar surface area (TPSA) is 83.8 Å². The van der Waals surface area contributed by atoms with Crippen molar-refractivity contribution in [1.82, 2.24) is 0 Å². The Balaban J connectivity index is 2.76.